The zero-order valence-electron chi connectivity index (χ0n) is 19.9. The van der Waals surface area contributed by atoms with Crippen LogP contribution in [0.1, 0.15) is 59.6 Å². The molecule has 0 saturated heterocycles. The van der Waals surface area contributed by atoms with Crippen LogP contribution in [-0.4, -0.2) is 56.6 Å². The lowest BCUT2D eigenvalue weighted by Crippen LogP contribution is -2.16. The van der Waals surface area contributed by atoms with Crippen LogP contribution in [0.4, 0.5) is 0 Å². The summed E-state index contributed by atoms with van der Waals surface area (Å²) in [5, 5.41) is 23.3. The molecule has 1 N–H and O–H groups in total. The third-order valence-electron chi connectivity index (χ3n) is 5.40. The average Bonchev–Trinajstić information content (AvgIpc) is 3.22. The van der Waals surface area contributed by atoms with Crippen molar-refractivity contribution in [1.82, 2.24) is 25.1 Å². The number of ketones is 1. The summed E-state index contributed by atoms with van der Waals surface area (Å²) < 4.78 is 5.96. The first-order valence-corrected chi connectivity index (χ1v) is 11.3. The summed E-state index contributed by atoms with van der Waals surface area (Å²) in [6, 6.07) is 11.3. The SMILES string of the molecule is CCCc1c(COc2ccc(Cc3nnn(CCCN(C)C)n3)cc2)ccc(C(C)=O)c1O. The van der Waals surface area contributed by atoms with Crippen LogP contribution < -0.4 is 4.74 Å². The molecule has 33 heavy (non-hydrogen) atoms. The number of aromatic nitrogens is 4. The van der Waals surface area contributed by atoms with Gasteiger partial charge in [0.2, 0.25) is 0 Å². The van der Waals surface area contributed by atoms with Crippen LogP contribution in [0.25, 0.3) is 0 Å². The molecule has 2 aromatic carbocycles. The zero-order valence-corrected chi connectivity index (χ0v) is 19.9. The number of tetrazole rings is 1. The Morgan fingerprint density at radius 1 is 1.15 bits per heavy atom. The van der Waals surface area contributed by atoms with Gasteiger partial charge >= 0.3 is 0 Å². The first-order chi connectivity index (χ1) is 15.9. The summed E-state index contributed by atoms with van der Waals surface area (Å²) in [6.45, 7) is 5.56. The highest BCUT2D eigenvalue weighted by Gasteiger charge is 2.15. The lowest BCUT2D eigenvalue weighted by Gasteiger charge is -2.14. The summed E-state index contributed by atoms with van der Waals surface area (Å²) in [6.07, 6.45) is 3.14. The minimum atomic E-state index is -0.143. The van der Waals surface area contributed by atoms with E-state index in [1.807, 2.05) is 51.4 Å². The molecule has 3 aromatic rings. The van der Waals surface area contributed by atoms with Gasteiger partial charge in [-0.1, -0.05) is 31.5 Å². The van der Waals surface area contributed by atoms with Crippen molar-refractivity contribution < 1.29 is 14.6 Å². The average molecular weight is 452 g/mol. The number of carbonyl (C=O) groups excluding carboxylic acids is 1. The molecule has 1 heterocycles. The smallest absolute Gasteiger partial charge is 0.179 e. The van der Waals surface area contributed by atoms with Gasteiger partial charge in [0.25, 0.3) is 0 Å². The fourth-order valence-electron chi connectivity index (χ4n) is 3.64. The first kappa shape index (κ1) is 24.4. The van der Waals surface area contributed by atoms with Gasteiger partial charge in [-0.05, 0) is 74.9 Å². The van der Waals surface area contributed by atoms with Crippen LogP contribution in [0, 0.1) is 0 Å². The summed E-state index contributed by atoms with van der Waals surface area (Å²) in [5.41, 5.74) is 3.10. The Morgan fingerprint density at radius 2 is 1.91 bits per heavy atom. The molecule has 0 aliphatic rings. The van der Waals surface area contributed by atoms with E-state index in [1.165, 1.54) is 6.92 Å². The molecule has 8 heteroatoms. The van der Waals surface area contributed by atoms with Gasteiger partial charge in [0, 0.05) is 12.0 Å². The fraction of sp³-hybridized carbons (Fsp3) is 0.440. The molecule has 0 radical (unpaired) electrons. The summed E-state index contributed by atoms with van der Waals surface area (Å²) >= 11 is 0. The number of rotatable bonds is 12. The third-order valence-corrected chi connectivity index (χ3v) is 5.40. The van der Waals surface area contributed by atoms with Crippen molar-refractivity contribution >= 4 is 5.78 Å². The van der Waals surface area contributed by atoms with Crippen molar-refractivity contribution in [3.8, 4) is 11.5 Å². The number of hydrogen-bond donors (Lipinski definition) is 1. The maximum absolute atomic E-state index is 11.7. The molecule has 3 rings (SSSR count). The Kier molecular flexibility index (Phi) is 8.54. The van der Waals surface area contributed by atoms with E-state index in [1.54, 1.807) is 10.9 Å². The zero-order chi connectivity index (χ0) is 23.8. The lowest BCUT2D eigenvalue weighted by atomic mass is 9.97. The van der Waals surface area contributed by atoms with Crippen molar-refractivity contribution in [2.24, 2.45) is 0 Å². The number of ether oxygens (including phenoxy) is 1. The highest BCUT2D eigenvalue weighted by Crippen LogP contribution is 2.29. The predicted molar refractivity (Wildman–Crippen MR) is 127 cm³/mol. The van der Waals surface area contributed by atoms with E-state index in [0.717, 1.165) is 48.4 Å². The summed E-state index contributed by atoms with van der Waals surface area (Å²) in [7, 11) is 4.09. The largest absolute Gasteiger partial charge is 0.507 e. The summed E-state index contributed by atoms with van der Waals surface area (Å²) in [4.78, 5) is 15.5. The molecule has 0 spiro atoms. The van der Waals surface area contributed by atoms with E-state index in [9.17, 15) is 9.90 Å². The van der Waals surface area contributed by atoms with Crippen molar-refractivity contribution in [2.75, 3.05) is 20.6 Å². The van der Waals surface area contributed by atoms with Crippen LogP contribution >= 0.6 is 0 Å². The summed E-state index contributed by atoms with van der Waals surface area (Å²) in [5.74, 6) is 1.36. The molecule has 176 valence electrons. The van der Waals surface area contributed by atoms with Crippen molar-refractivity contribution in [2.45, 2.75) is 52.7 Å². The second kappa shape index (κ2) is 11.6. The van der Waals surface area contributed by atoms with Crippen LogP contribution in [0.5, 0.6) is 11.5 Å². The van der Waals surface area contributed by atoms with Gasteiger partial charge in [0.15, 0.2) is 11.6 Å². The maximum Gasteiger partial charge on any atom is 0.179 e. The molecular formula is C25H33N5O3. The van der Waals surface area contributed by atoms with Gasteiger partial charge in [-0.3, -0.25) is 4.79 Å². The minimum Gasteiger partial charge on any atom is -0.507 e. The van der Waals surface area contributed by atoms with Crippen molar-refractivity contribution in [1.29, 1.82) is 0 Å². The molecular weight excluding hydrogens is 418 g/mol. The van der Waals surface area contributed by atoms with E-state index in [2.05, 4.69) is 20.3 Å². The van der Waals surface area contributed by atoms with Gasteiger partial charge in [0.05, 0.1) is 12.1 Å². The van der Waals surface area contributed by atoms with E-state index < -0.39 is 0 Å². The molecule has 1 aromatic heterocycles. The van der Waals surface area contributed by atoms with Gasteiger partial charge in [-0.15, -0.1) is 10.2 Å². The molecule has 0 fully saturated rings. The molecule has 0 saturated carbocycles. The molecule has 0 unspecified atom stereocenters. The number of aryl methyl sites for hydroxylation is 1. The standard InChI is InChI=1S/C25H33N5O3/c1-5-7-23-20(10-13-22(18(2)31)25(23)32)17-33-21-11-8-19(9-12-21)16-24-26-28-30(27-24)15-6-14-29(3)4/h8-13,32H,5-7,14-17H2,1-4H3. The maximum atomic E-state index is 11.7. The van der Waals surface area contributed by atoms with Crippen LogP contribution in [-0.2, 0) is 26.0 Å². The molecule has 0 amide bonds. The third kappa shape index (κ3) is 6.86. The Bertz CT molecular complexity index is 1060. The molecule has 0 aliphatic heterocycles. The highest BCUT2D eigenvalue weighted by atomic mass is 16.5. The number of carbonyl (C=O) groups is 1. The Labute approximate surface area is 195 Å². The van der Waals surface area contributed by atoms with Gasteiger partial charge < -0.3 is 14.7 Å². The number of hydrogen-bond acceptors (Lipinski definition) is 7. The number of aromatic hydroxyl groups is 1. The van der Waals surface area contributed by atoms with E-state index >= 15 is 0 Å². The number of phenolic OH excluding ortho intramolecular Hbond substituents is 1. The lowest BCUT2D eigenvalue weighted by molar-refractivity contribution is 0.101. The quantitative estimate of drug-likeness (QED) is 0.420. The van der Waals surface area contributed by atoms with Crippen LogP contribution in [0.2, 0.25) is 0 Å². The van der Waals surface area contributed by atoms with Gasteiger partial charge in [-0.2, -0.15) is 4.80 Å². The van der Waals surface area contributed by atoms with Gasteiger partial charge in [0.1, 0.15) is 18.1 Å². The molecule has 0 aliphatic carbocycles. The van der Waals surface area contributed by atoms with Gasteiger partial charge in [-0.25, -0.2) is 0 Å². The topological polar surface area (TPSA) is 93.4 Å². The number of phenols is 1. The number of nitrogens with zero attached hydrogens (tertiary/aromatic N) is 5. The van der Waals surface area contributed by atoms with Crippen molar-refractivity contribution in [3.63, 3.8) is 0 Å². The Hall–Kier alpha value is -3.26. The monoisotopic (exact) mass is 451 g/mol. The van der Waals surface area contributed by atoms with Crippen molar-refractivity contribution in [3.05, 3.63) is 64.5 Å². The van der Waals surface area contributed by atoms with E-state index in [0.29, 0.717) is 30.8 Å². The van der Waals surface area contributed by atoms with Crippen LogP contribution in [0.3, 0.4) is 0 Å². The second-order valence-electron chi connectivity index (χ2n) is 8.47. The number of Topliss-reactive ketones (excluding diaryl/α,β-unsaturated/α-hetero) is 1. The van der Waals surface area contributed by atoms with Crippen LogP contribution in [0.15, 0.2) is 36.4 Å². The normalized spacial score (nSPS) is 11.2. The molecule has 8 nitrogen and oxygen atoms in total. The predicted octanol–water partition coefficient (Wildman–Crippen LogP) is 3.66. The van der Waals surface area contributed by atoms with E-state index in [-0.39, 0.29) is 11.5 Å². The molecule has 0 bridgehead atoms. The van der Waals surface area contributed by atoms with E-state index in [4.69, 9.17) is 4.74 Å². The Balaban J connectivity index is 1.59. The number of benzene rings is 2. The first-order valence-electron chi connectivity index (χ1n) is 11.3. The minimum absolute atomic E-state index is 0.0723. The second-order valence-corrected chi connectivity index (χ2v) is 8.47. The molecule has 0 atom stereocenters. The Morgan fingerprint density at radius 3 is 2.58 bits per heavy atom. The highest BCUT2D eigenvalue weighted by molar-refractivity contribution is 5.97. The fourth-order valence-corrected chi connectivity index (χ4v) is 3.64.